The van der Waals surface area contributed by atoms with Crippen molar-refractivity contribution >= 4 is 9.84 Å². The van der Waals surface area contributed by atoms with Gasteiger partial charge in [0.2, 0.25) is 0 Å². The van der Waals surface area contributed by atoms with E-state index in [1.165, 1.54) is 17.4 Å². The van der Waals surface area contributed by atoms with Gasteiger partial charge in [-0.3, -0.25) is 4.90 Å². The maximum atomic E-state index is 11.8. The van der Waals surface area contributed by atoms with E-state index < -0.39 is 9.84 Å². The van der Waals surface area contributed by atoms with Gasteiger partial charge < -0.3 is 0 Å². The molecule has 1 fully saturated rings. The molecule has 0 aliphatic carbocycles. The Bertz CT molecular complexity index is 689. The number of hydrogen-bond acceptors (Lipinski definition) is 3. The van der Waals surface area contributed by atoms with Crippen LogP contribution in [0.3, 0.4) is 0 Å². The van der Waals surface area contributed by atoms with E-state index in [9.17, 15) is 8.42 Å². The Kier molecular flexibility index (Phi) is 4.06. The van der Waals surface area contributed by atoms with E-state index in [-0.39, 0.29) is 17.3 Å². The maximum Gasteiger partial charge on any atom is 0.153 e. The molecule has 0 amide bonds. The average Bonchev–Trinajstić information content (AvgIpc) is 2.51. The van der Waals surface area contributed by atoms with Gasteiger partial charge in [-0.1, -0.05) is 60.7 Å². The zero-order valence-electron chi connectivity index (χ0n) is 12.9. The van der Waals surface area contributed by atoms with Crippen LogP contribution in [0, 0.1) is 0 Å². The molecular formula is C18H21NO2S. The molecule has 2 aromatic carbocycles. The van der Waals surface area contributed by atoms with Crippen LogP contribution in [-0.4, -0.2) is 37.4 Å². The van der Waals surface area contributed by atoms with Crippen molar-refractivity contribution in [3.8, 4) is 0 Å². The Morgan fingerprint density at radius 1 is 0.955 bits per heavy atom. The van der Waals surface area contributed by atoms with Crippen molar-refractivity contribution in [1.82, 2.24) is 4.90 Å². The number of nitrogens with zero attached hydrogens (tertiary/aromatic N) is 1. The van der Waals surface area contributed by atoms with Gasteiger partial charge >= 0.3 is 0 Å². The molecule has 0 N–H and O–H groups in total. The van der Waals surface area contributed by atoms with Gasteiger partial charge in [-0.15, -0.1) is 0 Å². The van der Waals surface area contributed by atoms with Crippen molar-refractivity contribution in [2.45, 2.75) is 24.3 Å². The zero-order valence-corrected chi connectivity index (χ0v) is 13.7. The van der Waals surface area contributed by atoms with E-state index in [0.717, 1.165) is 0 Å². The molecule has 0 saturated carbocycles. The van der Waals surface area contributed by atoms with E-state index in [0.29, 0.717) is 6.54 Å². The lowest BCUT2D eigenvalue weighted by Gasteiger charge is -2.49. The summed E-state index contributed by atoms with van der Waals surface area (Å²) in [7, 11) is -2.99. The number of likely N-dealkylation sites (tertiary alicyclic amines) is 1. The Morgan fingerprint density at radius 2 is 1.41 bits per heavy atom. The van der Waals surface area contributed by atoms with Crippen molar-refractivity contribution in [3.63, 3.8) is 0 Å². The predicted octanol–water partition coefficient (Wildman–Crippen LogP) is 2.89. The molecule has 2 unspecified atom stereocenters. The molecule has 1 aliphatic heterocycles. The lowest BCUT2D eigenvalue weighted by Crippen LogP contribution is -2.62. The fraction of sp³-hybridized carbons (Fsp3) is 0.333. The SMILES string of the molecule is CC1C(S(C)(=O)=O)CN1C(c1ccccc1)c1ccccc1. The molecule has 0 spiro atoms. The topological polar surface area (TPSA) is 37.4 Å². The van der Waals surface area contributed by atoms with Crippen LogP contribution in [0.25, 0.3) is 0 Å². The summed E-state index contributed by atoms with van der Waals surface area (Å²) in [5.74, 6) is 0. The quantitative estimate of drug-likeness (QED) is 0.870. The minimum atomic E-state index is -2.99. The van der Waals surface area contributed by atoms with E-state index in [4.69, 9.17) is 0 Å². The van der Waals surface area contributed by atoms with E-state index >= 15 is 0 Å². The van der Waals surface area contributed by atoms with Crippen molar-refractivity contribution in [1.29, 1.82) is 0 Å². The summed E-state index contributed by atoms with van der Waals surface area (Å²) < 4.78 is 23.7. The molecule has 1 aliphatic rings. The second-order valence-corrected chi connectivity index (χ2v) is 8.29. The molecule has 22 heavy (non-hydrogen) atoms. The first-order valence-electron chi connectivity index (χ1n) is 7.53. The fourth-order valence-electron chi connectivity index (χ4n) is 3.28. The van der Waals surface area contributed by atoms with Crippen LogP contribution in [0.5, 0.6) is 0 Å². The first-order chi connectivity index (χ1) is 10.5. The number of sulfone groups is 1. The highest BCUT2D eigenvalue weighted by Gasteiger charge is 2.45. The standard InChI is InChI=1S/C18H21NO2S/c1-14-17(22(2,20)21)13-19(14)18(15-9-5-3-6-10-15)16-11-7-4-8-12-16/h3-12,14,17-18H,13H2,1-2H3. The van der Waals surface area contributed by atoms with Crippen LogP contribution in [0.1, 0.15) is 24.1 Å². The smallest absolute Gasteiger partial charge is 0.153 e. The molecule has 3 rings (SSSR count). The predicted molar refractivity (Wildman–Crippen MR) is 89.5 cm³/mol. The highest BCUT2D eigenvalue weighted by molar-refractivity contribution is 7.91. The normalized spacial score (nSPS) is 22.5. The summed E-state index contributed by atoms with van der Waals surface area (Å²) in [6.07, 6.45) is 1.34. The minimum Gasteiger partial charge on any atom is -0.287 e. The minimum absolute atomic E-state index is 0.0282. The summed E-state index contributed by atoms with van der Waals surface area (Å²) >= 11 is 0. The van der Waals surface area contributed by atoms with Crippen molar-refractivity contribution in [3.05, 3.63) is 71.8 Å². The second kappa shape index (κ2) is 5.86. The van der Waals surface area contributed by atoms with Crippen LogP contribution >= 0.6 is 0 Å². The van der Waals surface area contributed by atoms with Crippen LogP contribution in [0.4, 0.5) is 0 Å². The summed E-state index contributed by atoms with van der Waals surface area (Å²) in [5, 5.41) is -0.262. The third-order valence-electron chi connectivity index (χ3n) is 4.56. The number of rotatable bonds is 4. The molecule has 1 heterocycles. The van der Waals surface area contributed by atoms with E-state index in [1.807, 2.05) is 43.3 Å². The molecule has 0 aromatic heterocycles. The first-order valence-corrected chi connectivity index (χ1v) is 9.48. The van der Waals surface area contributed by atoms with Crippen molar-refractivity contribution in [2.24, 2.45) is 0 Å². The second-order valence-electron chi connectivity index (χ2n) is 6.03. The summed E-state index contributed by atoms with van der Waals surface area (Å²) in [5.41, 5.74) is 2.40. The van der Waals surface area contributed by atoms with Crippen LogP contribution in [0.2, 0.25) is 0 Å². The Morgan fingerprint density at radius 3 is 1.77 bits per heavy atom. The Hall–Kier alpha value is -1.65. The Balaban J connectivity index is 1.95. The summed E-state index contributed by atoms with van der Waals surface area (Å²) in [6, 6.07) is 20.7. The van der Waals surface area contributed by atoms with Crippen LogP contribution in [-0.2, 0) is 9.84 Å². The van der Waals surface area contributed by atoms with Crippen molar-refractivity contribution < 1.29 is 8.42 Å². The molecule has 2 aromatic rings. The molecule has 0 bridgehead atoms. The highest BCUT2D eigenvalue weighted by Crippen LogP contribution is 2.37. The lowest BCUT2D eigenvalue weighted by molar-refractivity contribution is 0.0747. The van der Waals surface area contributed by atoms with Crippen molar-refractivity contribution in [2.75, 3.05) is 12.8 Å². The molecule has 3 nitrogen and oxygen atoms in total. The largest absolute Gasteiger partial charge is 0.287 e. The Labute approximate surface area is 132 Å². The van der Waals surface area contributed by atoms with Gasteiger partial charge in [0.05, 0.1) is 11.3 Å². The average molecular weight is 315 g/mol. The molecular weight excluding hydrogens is 294 g/mol. The van der Waals surface area contributed by atoms with Crippen LogP contribution in [0.15, 0.2) is 60.7 Å². The fourth-order valence-corrected chi connectivity index (χ4v) is 4.60. The molecule has 4 heteroatoms. The summed E-state index contributed by atoms with van der Waals surface area (Å²) in [6.45, 7) is 2.60. The zero-order chi connectivity index (χ0) is 15.7. The van der Waals surface area contributed by atoms with Gasteiger partial charge in [-0.05, 0) is 18.1 Å². The lowest BCUT2D eigenvalue weighted by atomic mass is 9.91. The highest BCUT2D eigenvalue weighted by atomic mass is 32.2. The number of hydrogen-bond donors (Lipinski definition) is 0. The van der Waals surface area contributed by atoms with Gasteiger partial charge in [-0.2, -0.15) is 0 Å². The third kappa shape index (κ3) is 2.81. The van der Waals surface area contributed by atoms with Gasteiger partial charge in [0.15, 0.2) is 9.84 Å². The van der Waals surface area contributed by atoms with Gasteiger partial charge in [0, 0.05) is 18.8 Å². The molecule has 1 saturated heterocycles. The first kappa shape index (κ1) is 15.3. The summed E-state index contributed by atoms with van der Waals surface area (Å²) in [4.78, 5) is 2.27. The van der Waals surface area contributed by atoms with Gasteiger partial charge in [-0.25, -0.2) is 8.42 Å². The number of benzene rings is 2. The monoisotopic (exact) mass is 315 g/mol. The molecule has 116 valence electrons. The maximum absolute atomic E-state index is 11.8. The van der Waals surface area contributed by atoms with E-state index in [1.54, 1.807) is 0 Å². The van der Waals surface area contributed by atoms with E-state index in [2.05, 4.69) is 29.2 Å². The molecule has 2 atom stereocenters. The van der Waals surface area contributed by atoms with Crippen LogP contribution < -0.4 is 0 Å². The van der Waals surface area contributed by atoms with Gasteiger partial charge in [0.1, 0.15) is 0 Å². The van der Waals surface area contributed by atoms with Gasteiger partial charge in [0.25, 0.3) is 0 Å². The third-order valence-corrected chi connectivity index (χ3v) is 6.21. The molecule has 0 radical (unpaired) electrons.